The Hall–Kier alpha value is -4.79. The summed E-state index contributed by atoms with van der Waals surface area (Å²) in [7, 11) is 0. The lowest BCUT2D eigenvalue weighted by Crippen LogP contribution is -2.53. The van der Waals surface area contributed by atoms with Crippen LogP contribution in [0.25, 0.3) is 0 Å². The molecule has 2 atom stereocenters. The van der Waals surface area contributed by atoms with Crippen LogP contribution < -0.4 is 16.0 Å². The number of benzene rings is 3. The van der Waals surface area contributed by atoms with Gasteiger partial charge in [-0.15, -0.1) is 0 Å². The van der Waals surface area contributed by atoms with Gasteiger partial charge in [-0.3, -0.25) is 9.59 Å². The number of carbonyl (C=O) groups is 3. The average molecular weight is 730 g/mol. The fourth-order valence-electron chi connectivity index (χ4n) is 6.31. The van der Waals surface area contributed by atoms with Crippen molar-refractivity contribution in [3.8, 4) is 11.8 Å². The Kier molecular flexibility index (Phi) is 16.3. The topological polar surface area (TPSA) is 103 Å². The van der Waals surface area contributed by atoms with E-state index in [0.29, 0.717) is 51.4 Å². The van der Waals surface area contributed by atoms with Gasteiger partial charge in [0.25, 0.3) is 11.8 Å². The SMILES string of the molecule is CCCC#Cc1cccc(CNC[C@@H](OC(=O)N2CCNCC2)[C@H](Cc2cc(F)cc(F)c2)NC(=O)c2cc(C)cc(C(=O)N(CCC)CCC)c2)c1. The van der Waals surface area contributed by atoms with Crippen LogP contribution in [0.1, 0.15) is 89.4 Å². The lowest BCUT2D eigenvalue weighted by Gasteiger charge is -2.32. The van der Waals surface area contributed by atoms with Crippen molar-refractivity contribution in [2.45, 2.75) is 78.5 Å². The zero-order chi connectivity index (χ0) is 38.2. The molecular weight excluding hydrogens is 676 g/mol. The quantitative estimate of drug-likeness (QED) is 0.151. The molecule has 3 aromatic rings. The van der Waals surface area contributed by atoms with E-state index in [1.165, 1.54) is 12.1 Å². The Morgan fingerprint density at radius 2 is 1.60 bits per heavy atom. The third-order valence-electron chi connectivity index (χ3n) is 8.84. The van der Waals surface area contributed by atoms with Crippen molar-refractivity contribution in [2.24, 2.45) is 0 Å². The van der Waals surface area contributed by atoms with Crippen molar-refractivity contribution in [2.75, 3.05) is 45.8 Å². The maximum Gasteiger partial charge on any atom is 0.410 e. The first kappa shape index (κ1) is 41.0. The molecule has 11 heteroatoms. The van der Waals surface area contributed by atoms with E-state index in [-0.39, 0.29) is 30.0 Å². The van der Waals surface area contributed by atoms with Gasteiger partial charge in [-0.2, -0.15) is 0 Å². The molecule has 1 aliphatic rings. The number of piperazine rings is 1. The molecule has 0 unspecified atom stereocenters. The molecule has 0 bridgehead atoms. The minimum absolute atomic E-state index is 0.0392. The van der Waals surface area contributed by atoms with Crippen LogP contribution in [0.2, 0.25) is 0 Å². The van der Waals surface area contributed by atoms with E-state index in [1.807, 2.05) is 45.0 Å². The zero-order valence-electron chi connectivity index (χ0n) is 31.4. The summed E-state index contributed by atoms with van der Waals surface area (Å²) < 4.78 is 35.0. The van der Waals surface area contributed by atoms with Crippen molar-refractivity contribution in [3.05, 3.63) is 106 Å². The van der Waals surface area contributed by atoms with Gasteiger partial charge in [-0.25, -0.2) is 13.6 Å². The highest BCUT2D eigenvalue weighted by molar-refractivity contribution is 6.00. The minimum atomic E-state index is -0.948. The van der Waals surface area contributed by atoms with E-state index < -0.39 is 35.8 Å². The molecule has 0 saturated carbocycles. The molecule has 3 N–H and O–H groups in total. The smallest absolute Gasteiger partial charge is 0.410 e. The summed E-state index contributed by atoms with van der Waals surface area (Å²) in [4.78, 5) is 44.5. The maximum atomic E-state index is 14.4. The Morgan fingerprint density at radius 3 is 2.28 bits per heavy atom. The normalized spacial score (nSPS) is 13.7. The molecule has 1 fully saturated rings. The van der Waals surface area contributed by atoms with Crippen molar-refractivity contribution in [1.82, 2.24) is 25.8 Å². The van der Waals surface area contributed by atoms with Gasteiger partial charge >= 0.3 is 6.09 Å². The molecule has 3 amide bonds. The van der Waals surface area contributed by atoms with E-state index in [9.17, 15) is 23.2 Å². The molecule has 3 aromatic carbocycles. The highest BCUT2D eigenvalue weighted by atomic mass is 19.1. The van der Waals surface area contributed by atoms with E-state index in [4.69, 9.17) is 4.74 Å². The number of amides is 3. The number of nitrogens with one attached hydrogen (secondary N) is 3. The van der Waals surface area contributed by atoms with Gasteiger partial charge in [0.1, 0.15) is 17.7 Å². The highest BCUT2D eigenvalue weighted by Gasteiger charge is 2.31. The van der Waals surface area contributed by atoms with E-state index in [0.717, 1.165) is 48.4 Å². The molecule has 9 nitrogen and oxygen atoms in total. The second-order valence-electron chi connectivity index (χ2n) is 13.5. The third kappa shape index (κ3) is 13.0. The van der Waals surface area contributed by atoms with Gasteiger partial charge < -0.3 is 30.5 Å². The molecule has 1 heterocycles. The summed E-state index contributed by atoms with van der Waals surface area (Å²) in [6, 6.07) is 15.1. The number of nitrogens with zero attached hydrogens (tertiary/aromatic N) is 2. The summed E-state index contributed by atoms with van der Waals surface area (Å²) in [6.07, 6.45) is 1.84. The summed E-state index contributed by atoms with van der Waals surface area (Å²) in [5, 5.41) is 9.60. The van der Waals surface area contributed by atoms with E-state index in [2.05, 4.69) is 34.7 Å². The standard InChI is InChI=1S/C42H53F2N5O4/c1-5-8-9-11-31-12-10-13-32(22-31)28-46-29-39(53-42(52)49-18-14-45-15-19-49)38(25-33-23-36(43)27-37(44)24-33)47-40(50)34-20-30(4)21-35(26-34)41(51)48(16-6-2)17-7-3/h10,12-13,20-24,26-27,38-39,45-46H,5-8,14-19,25,28-29H2,1-4H3,(H,47,50)/t38-,39+/m0/s1. The summed E-state index contributed by atoms with van der Waals surface area (Å²) in [5.41, 5.74) is 3.50. The molecule has 0 aliphatic carbocycles. The number of rotatable bonds is 16. The van der Waals surface area contributed by atoms with Crippen molar-refractivity contribution < 1.29 is 27.9 Å². The van der Waals surface area contributed by atoms with E-state index >= 15 is 0 Å². The number of hydrogen-bond acceptors (Lipinski definition) is 6. The molecule has 53 heavy (non-hydrogen) atoms. The van der Waals surface area contributed by atoms with E-state index in [1.54, 1.807) is 28.0 Å². The Labute approximate surface area is 312 Å². The number of carbonyl (C=O) groups excluding carboxylic acids is 3. The van der Waals surface area contributed by atoms with Gasteiger partial charge in [0.15, 0.2) is 0 Å². The number of unbranched alkanes of at least 4 members (excludes halogenated alkanes) is 1. The lowest BCUT2D eigenvalue weighted by atomic mass is 9.99. The van der Waals surface area contributed by atoms with Crippen LogP contribution in [0.4, 0.5) is 13.6 Å². The molecule has 0 radical (unpaired) electrons. The van der Waals surface area contributed by atoms with Crippen LogP contribution in [0, 0.1) is 30.4 Å². The number of aryl methyl sites for hydroxylation is 1. The Bertz CT molecular complexity index is 1720. The fourth-order valence-corrected chi connectivity index (χ4v) is 6.31. The number of halogens is 2. The van der Waals surface area contributed by atoms with Gasteiger partial charge in [-0.05, 0) is 91.8 Å². The molecule has 0 spiro atoms. The van der Waals surface area contributed by atoms with Gasteiger partial charge in [-0.1, -0.05) is 44.7 Å². The monoisotopic (exact) mass is 729 g/mol. The van der Waals surface area contributed by atoms with Crippen molar-refractivity contribution in [3.63, 3.8) is 0 Å². The molecule has 4 rings (SSSR count). The first-order valence-corrected chi connectivity index (χ1v) is 18.7. The van der Waals surface area contributed by atoms with Crippen LogP contribution in [0.3, 0.4) is 0 Å². The maximum absolute atomic E-state index is 14.4. The van der Waals surface area contributed by atoms with Crippen molar-refractivity contribution >= 4 is 17.9 Å². The first-order chi connectivity index (χ1) is 25.6. The van der Waals surface area contributed by atoms with Gasteiger partial charge in [0.05, 0.1) is 6.04 Å². The summed E-state index contributed by atoms with van der Waals surface area (Å²) >= 11 is 0. The second-order valence-corrected chi connectivity index (χ2v) is 13.5. The Morgan fingerprint density at radius 1 is 0.906 bits per heavy atom. The summed E-state index contributed by atoms with van der Waals surface area (Å²) in [5.74, 6) is 4.15. The predicted octanol–water partition coefficient (Wildman–Crippen LogP) is 6.23. The van der Waals surface area contributed by atoms with Crippen molar-refractivity contribution in [1.29, 1.82) is 0 Å². The van der Waals surface area contributed by atoms with Gasteiger partial charge in [0.2, 0.25) is 0 Å². The zero-order valence-corrected chi connectivity index (χ0v) is 31.4. The average Bonchev–Trinajstić information content (AvgIpc) is 3.13. The predicted molar refractivity (Wildman–Crippen MR) is 204 cm³/mol. The van der Waals surface area contributed by atoms with Crippen LogP contribution in [-0.4, -0.2) is 85.7 Å². The molecular formula is C42H53F2N5O4. The molecule has 1 saturated heterocycles. The molecule has 1 aliphatic heterocycles. The lowest BCUT2D eigenvalue weighted by molar-refractivity contribution is 0.0397. The van der Waals surface area contributed by atoms with Crippen LogP contribution in [-0.2, 0) is 17.7 Å². The first-order valence-electron chi connectivity index (χ1n) is 18.7. The molecule has 284 valence electrons. The fraction of sp³-hybridized carbons (Fsp3) is 0.452. The second kappa shape index (κ2) is 21.0. The van der Waals surface area contributed by atoms with Crippen LogP contribution >= 0.6 is 0 Å². The van der Waals surface area contributed by atoms with Crippen LogP contribution in [0.5, 0.6) is 0 Å². The minimum Gasteiger partial charge on any atom is -0.443 e. The third-order valence-corrected chi connectivity index (χ3v) is 8.84. The van der Waals surface area contributed by atoms with Gasteiger partial charge in [0, 0.05) is 81.5 Å². The number of ether oxygens (including phenoxy) is 1. The summed E-state index contributed by atoms with van der Waals surface area (Å²) in [6.45, 7) is 11.8. The largest absolute Gasteiger partial charge is 0.443 e. The Balaban J connectivity index is 1.65. The number of hydrogen-bond donors (Lipinski definition) is 3. The van der Waals surface area contributed by atoms with Crippen LogP contribution in [0.15, 0.2) is 60.7 Å². The highest BCUT2D eigenvalue weighted by Crippen LogP contribution is 2.18. The molecule has 0 aromatic heterocycles.